The van der Waals surface area contributed by atoms with Gasteiger partial charge >= 0.3 is 0 Å². The number of aliphatic hydroxyl groups excluding tert-OH is 1. The van der Waals surface area contributed by atoms with E-state index in [0.717, 1.165) is 6.07 Å². The Balaban J connectivity index is 2.86. The van der Waals surface area contributed by atoms with Crippen molar-refractivity contribution in [2.24, 2.45) is 0 Å². The largest absolute Gasteiger partial charge is 0.391 e. The Labute approximate surface area is 98.5 Å². The Morgan fingerprint density at radius 1 is 1.47 bits per heavy atom. The first-order valence-electron chi connectivity index (χ1n) is 5.38. The fraction of sp³-hybridized carbons (Fsp3) is 0.417. The van der Waals surface area contributed by atoms with Gasteiger partial charge < -0.3 is 10.4 Å². The zero-order valence-electron chi connectivity index (χ0n) is 9.76. The number of carbonyl (C=O) groups excluding carboxylic acids is 1. The fourth-order valence-electron chi connectivity index (χ4n) is 1.31. The molecule has 0 saturated heterocycles. The number of nitrogens with one attached hydrogen (secondary N) is 1. The van der Waals surface area contributed by atoms with E-state index < -0.39 is 29.2 Å². The standard InChI is InChI=1S/C12H15F2NO2/c1-3-8(16)6-15-12(17)10-9(13)5-4-7(2)11(10)14/h4-5,8,16H,3,6H2,1-2H3,(H,15,17). The number of hydrogen-bond acceptors (Lipinski definition) is 2. The van der Waals surface area contributed by atoms with Crippen LogP contribution in [0.1, 0.15) is 29.3 Å². The molecule has 3 nitrogen and oxygen atoms in total. The van der Waals surface area contributed by atoms with Gasteiger partial charge in [0.05, 0.1) is 6.10 Å². The lowest BCUT2D eigenvalue weighted by atomic mass is 10.1. The van der Waals surface area contributed by atoms with Crippen molar-refractivity contribution < 1.29 is 18.7 Å². The van der Waals surface area contributed by atoms with Gasteiger partial charge in [0, 0.05) is 6.54 Å². The summed E-state index contributed by atoms with van der Waals surface area (Å²) in [6.45, 7) is 3.17. The Hall–Kier alpha value is -1.49. The van der Waals surface area contributed by atoms with Crippen molar-refractivity contribution in [2.45, 2.75) is 26.4 Å². The molecule has 1 aromatic rings. The van der Waals surface area contributed by atoms with Crippen LogP contribution >= 0.6 is 0 Å². The van der Waals surface area contributed by atoms with Crippen molar-refractivity contribution in [3.05, 3.63) is 34.9 Å². The van der Waals surface area contributed by atoms with Crippen molar-refractivity contribution in [3.63, 3.8) is 0 Å². The van der Waals surface area contributed by atoms with Gasteiger partial charge in [0.25, 0.3) is 5.91 Å². The van der Waals surface area contributed by atoms with Gasteiger partial charge in [0.15, 0.2) is 0 Å². The Morgan fingerprint density at radius 3 is 2.71 bits per heavy atom. The Kier molecular flexibility index (Phi) is 4.57. The number of benzene rings is 1. The summed E-state index contributed by atoms with van der Waals surface area (Å²) in [5.41, 5.74) is -0.402. The van der Waals surface area contributed by atoms with E-state index in [1.807, 2.05) is 0 Å². The Morgan fingerprint density at radius 2 is 2.12 bits per heavy atom. The number of aryl methyl sites for hydroxylation is 1. The van der Waals surface area contributed by atoms with Gasteiger partial charge in [-0.25, -0.2) is 8.78 Å². The topological polar surface area (TPSA) is 49.3 Å². The molecule has 5 heteroatoms. The molecule has 0 aliphatic carbocycles. The van der Waals surface area contributed by atoms with E-state index in [4.69, 9.17) is 0 Å². The minimum atomic E-state index is -0.906. The van der Waals surface area contributed by atoms with Crippen molar-refractivity contribution >= 4 is 5.91 Å². The maximum atomic E-state index is 13.6. The minimum absolute atomic E-state index is 0.0256. The second kappa shape index (κ2) is 5.72. The Bertz CT molecular complexity index is 421. The van der Waals surface area contributed by atoms with Crippen LogP contribution in [-0.2, 0) is 0 Å². The summed E-state index contributed by atoms with van der Waals surface area (Å²) in [4.78, 5) is 11.6. The lowest BCUT2D eigenvalue weighted by Crippen LogP contribution is -2.33. The number of hydrogen-bond donors (Lipinski definition) is 2. The number of rotatable bonds is 4. The number of carbonyl (C=O) groups is 1. The molecule has 0 heterocycles. The summed E-state index contributed by atoms with van der Waals surface area (Å²) in [5, 5.41) is 11.5. The highest BCUT2D eigenvalue weighted by molar-refractivity contribution is 5.95. The quantitative estimate of drug-likeness (QED) is 0.846. The van der Waals surface area contributed by atoms with Crippen LogP contribution in [0.25, 0.3) is 0 Å². The molecule has 0 saturated carbocycles. The van der Waals surface area contributed by atoms with Gasteiger partial charge in [-0.2, -0.15) is 0 Å². The van der Waals surface area contributed by atoms with Gasteiger partial charge in [-0.15, -0.1) is 0 Å². The van der Waals surface area contributed by atoms with Crippen LogP contribution in [-0.4, -0.2) is 23.7 Å². The highest BCUT2D eigenvalue weighted by atomic mass is 19.1. The van der Waals surface area contributed by atoms with Crippen molar-refractivity contribution in [2.75, 3.05) is 6.54 Å². The molecule has 2 N–H and O–H groups in total. The maximum Gasteiger partial charge on any atom is 0.257 e. The van der Waals surface area contributed by atoms with Crippen LogP contribution in [0.2, 0.25) is 0 Å². The lowest BCUT2D eigenvalue weighted by molar-refractivity contribution is 0.0905. The molecule has 1 aromatic carbocycles. The molecule has 1 atom stereocenters. The van der Waals surface area contributed by atoms with Gasteiger partial charge in [-0.05, 0) is 25.0 Å². The molecule has 1 rings (SSSR count). The van der Waals surface area contributed by atoms with E-state index in [2.05, 4.69) is 5.32 Å². The summed E-state index contributed by atoms with van der Waals surface area (Å²) in [5.74, 6) is -2.62. The number of aliphatic hydroxyl groups is 1. The molecule has 0 aliphatic heterocycles. The highest BCUT2D eigenvalue weighted by Gasteiger charge is 2.19. The third-order valence-electron chi connectivity index (χ3n) is 2.48. The first kappa shape index (κ1) is 13.6. The molecule has 0 aliphatic rings. The second-order valence-corrected chi connectivity index (χ2v) is 3.83. The molecule has 0 spiro atoms. The van der Waals surface area contributed by atoms with Gasteiger partial charge in [-0.1, -0.05) is 13.0 Å². The minimum Gasteiger partial charge on any atom is -0.391 e. The van der Waals surface area contributed by atoms with Crippen LogP contribution in [0.5, 0.6) is 0 Å². The predicted molar refractivity (Wildman–Crippen MR) is 59.7 cm³/mol. The zero-order valence-corrected chi connectivity index (χ0v) is 9.76. The van der Waals surface area contributed by atoms with Crippen molar-refractivity contribution in [1.29, 1.82) is 0 Å². The van der Waals surface area contributed by atoms with E-state index in [1.165, 1.54) is 13.0 Å². The predicted octanol–water partition coefficient (Wildman–Crippen LogP) is 1.77. The van der Waals surface area contributed by atoms with E-state index >= 15 is 0 Å². The van der Waals surface area contributed by atoms with Crippen molar-refractivity contribution in [1.82, 2.24) is 5.32 Å². The molecule has 0 bridgehead atoms. The SMILES string of the molecule is CCC(O)CNC(=O)c1c(F)ccc(C)c1F. The van der Waals surface area contributed by atoms with Crippen LogP contribution in [0.15, 0.2) is 12.1 Å². The van der Waals surface area contributed by atoms with Gasteiger partial charge in [-0.3, -0.25) is 4.79 Å². The average molecular weight is 243 g/mol. The molecule has 1 amide bonds. The van der Waals surface area contributed by atoms with Gasteiger partial charge in [0.1, 0.15) is 17.2 Å². The zero-order chi connectivity index (χ0) is 13.0. The monoisotopic (exact) mass is 243 g/mol. The van der Waals surface area contributed by atoms with Crippen LogP contribution in [0.4, 0.5) is 8.78 Å². The molecule has 94 valence electrons. The fourth-order valence-corrected chi connectivity index (χ4v) is 1.31. The molecule has 0 aromatic heterocycles. The lowest BCUT2D eigenvalue weighted by Gasteiger charge is -2.11. The van der Waals surface area contributed by atoms with Crippen LogP contribution in [0.3, 0.4) is 0 Å². The number of halogens is 2. The van der Waals surface area contributed by atoms with Crippen molar-refractivity contribution in [3.8, 4) is 0 Å². The van der Waals surface area contributed by atoms with E-state index in [0.29, 0.717) is 6.42 Å². The van der Waals surface area contributed by atoms with Crippen LogP contribution < -0.4 is 5.32 Å². The average Bonchev–Trinajstić information content (AvgIpc) is 2.31. The third kappa shape index (κ3) is 3.23. The molecular weight excluding hydrogens is 228 g/mol. The second-order valence-electron chi connectivity index (χ2n) is 3.83. The van der Waals surface area contributed by atoms with E-state index in [-0.39, 0.29) is 12.1 Å². The van der Waals surface area contributed by atoms with Gasteiger partial charge in [0.2, 0.25) is 0 Å². The first-order chi connectivity index (χ1) is 7.97. The number of amides is 1. The third-order valence-corrected chi connectivity index (χ3v) is 2.48. The molecule has 17 heavy (non-hydrogen) atoms. The first-order valence-corrected chi connectivity index (χ1v) is 5.38. The summed E-state index contributed by atoms with van der Waals surface area (Å²) >= 11 is 0. The molecular formula is C12H15F2NO2. The normalized spacial score (nSPS) is 12.3. The summed E-state index contributed by atoms with van der Waals surface area (Å²) in [7, 11) is 0. The molecule has 0 radical (unpaired) electrons. The van der Waals surface area contributed by atoms with Crippen LogP contribution in [0, 0.1) is 18.6 Å². The smallest absolute Gasteiger partial charge is 0.257 e. The molecule has 1 unspecified atom stereocenters. The van der Waals surface area contributed by atoms with E-state index in [1.54, 1.807) is 6.92 Å². The summed E-state index contributed by atoms with van der Waals surface area (Å²) < 4.78 is 26.9. The summed E-state index contributed by atoms with van der Waals surface area (Å²) in [6, 6.07) is 2.31. The maximum absolute atomic E-state index is 13.6. The summed E-state index contributed by atoms with van der Waals surface area (Å²) in [6.07, 6.45) is -0.256. The highest BCUT2D eigenvalue weighted by Crippen LogP contribution is 2.16. The molecule has 0 fully saturated rings. The van der Waals surface area contributed by atoms with E-state index in [9.17, 15) is 18.7 Å².